The molecule has 1 atom stereocenters. The van der Waals surface area contributed by atoms with Crippen molar-refractivity contribution >= 4 is 5.97 Å². The Labute approximate surface area is 112 Å². The molecule has 4 nitrogen and oxygen atoms in total. The van der Waals surface area contributed by atoms with Crippen molar-refractivity contribution in [3.63, 3.8) is 0 Å². The highest BCUT2D eigenvalue weighted by atomic mass is 19.1. The summed E-state index contributed by atoms with van der Waals surface area (Å²) in [7, 11) is 1.40. The fourth-order valence-electron chi connectivity index (χ4n) is 1.71. The van der Waals surface area contributed by atoms with Crippen LogP contribution >= 0.6 is 0 Å². The van der Waals surface area contributed by atoms with Gasteiger partial charge in [0.1, 0.15) is 6.04 Å². The molecule has 0 fully saturated rings. The fourth-order valence-corrected chi connectivity index (χ4v) is 1.71. The monoisotopic (exact) mass is 269 g/mol. The number of hydrogen-bond acceptors (Lipinski definition) is 4. The van der Waals surface area contributed by atoms with Crippen LogP contribution in [0.5, 0.6) is 5.75 Å². The molecule has 0 amide bonds. The van der Waals surface area contributed by atoms with E-state index in [1.54, 1.807) is 13.0 Å². The minimum Gasteiger partial charge on any atom is -0.494 e. The minimum atomic E-state index is -0.652. The lowest BCUT2D eigenvalue weighted by molar-refractivity contribution is -0.145. The molecular formula is C14H20FNO3. The highest BCUT2D eigenvalue weighted by Gasteiger charge is 2.22. The molecule has 0 saturated heterocycles. The van der Waals surface area contributed by atoms with Crippen LogP contribution in [0.2, 0.25) is 0 Å². The lowest BCUT2D eigenvalue weighted by Gasteiger charge is -2.17. The maximum atomic E-state index is 13.7. The van der Waals surface area contributed by atoms with E-state index in [4.69, 9.17) is 9.47 Å². The molecule has 5 heteroatoms. The van der Waals surface area contributed by atoms with Gasteiger partial charge in [0, 0.05) is 0 Å². The molecule has 0 aliphatic rings. The van der Waals surface area contributed by atoms with Crippen molar-refractivity contribution in [3.05, 3.63) is 29.6 Å². The molecular weight excluding hydrogens is 249 g/mol. The van der Waals surface area contributed by atoms with Crippen molar-refractivity contribution in [2.45, 2.75) is 26.3 Å². The number of benzene rings is 1. The number of ether oxygens (including phenoxy) is 2. The quantitative estimate of drug-likeness (QED) is 0.772. The van der Waals surface area contributed by atoms with E-state index in [2.05, 4.69) is 5.32 Å². The number of halogens is 1. The van der Waals surface area contributed by atoms with Gasteiger partial charge in [0.25, 0.3) is 0 Å². The van der Waals surface area contributed by atoms with Gasteiger partial charge in [-0.2, -0.15) is 0 Å². The van der Waals surface area contributed by atoms with Crippen molar-refractivity contribution < 1.29 is 18.7 Å². The molecule has 1 N–H and O–H groups in total. The van der Waals surface area contributed by atoms with Crippen LogP contribution in [0.15, 0.2) is 18.2 Å². The van der Waals surface area contributed by atoms with E-state index in [9.17, 15) is 9.18 Å². The average Bonchev–Trinajstić information content (AvgIpc) is 2.39. The summed E-state index contributed by atoms with van der Waals surface area (Å²) in [6, 6.07) is 3.81. The van der Waals surface area contributed by atoms with E-state index in [1.807, 2.05) is 6.92 Å². The Hall–Kier alpha value is -1.62. The van der Waals surface area contributed by atoms with Gasteiger partial charge in [0.2, 0.25) is 0 Å². The second-order valence-electron chi connectivity index (χ2n) is 4.03. The summed E-state index contributed by atoms with van der Waals surface area (Å²) in [5, 5.41) is 3.05. The number of methoxy groups -OCH3 is 1. The zero-order chi connectivity index (χ0) is 14.3. The molecule has 0 heterocycles. The first-order chi connectivity index (χ1) is 9.13. The van der Waals surface area contributed by atoms with Gasteiger partial charge in [0.05, 0.1) is 13.7 Å². The van der Waals surface area contributed by atoms with Crippen LogP contribution in [0.4, 0.5) is 4.39 Å². The number of nitrogens with one attached hydrogen (secondary N) is 1. The van der Waals surface area contributed by atoms with Crippen LogP contribution in [-0.2, 0) is 9.53 Å². The number of carbonyl (C=O) groups excluding carboxylic acids is 1. The number of rotatable bonds is 7. The highest BCUT2D eigenvalue weighted by Crippen LogP contribution is 2.22. The highest BCUT2D eigenvalue weighted by molar-refractivity contribution is 5.77. The second-order valence-corrected chi connectivity index (χ2v) is 4.03. The summed E-state index contributed by atoms with van der Waals surface area (Å²) < 4.78 is 23.5. The molecule has 106 valence electrons. The van der Waals surface area contributed by atoms with Gasteiger partial charge < -0.3 is 14.8 Å². The van der Waals surface area contributed by atoms with E-state index >= 15 is 0 Å². The molecule has 19 heavy (non-hydrogen) atoms. The van der Waals surface area contributed by atoms with Crippen LogP contribution in [0.25, 0.3) is 0 Å². The van der Waals surface area contributed by atoms with E-state index in [0.29, 0.717) is 18.7 Å². The first-order valence-electron chi connectivity index (χ1n) is 6.37. The van der Waals surface area contributed by atoms with Gasteiger partial charge in [-0.3, -0.25) is 0 Å². The minimum absolute atomic E-state index is 0.154. The molecule has 0 aromatic heterocycles. The molecule has 0 radical (unpaired) electrons. The Morgan fingerprint density at radius 2 is 2.16 bits per heavy atom. The largest absolute Gasteiger partial charge is 0.494 e. The summed E-state index contributed by atoms with van der Waals surface area (Å²) in [6.45, 7) is 4.67. The van der Waals surface area contributed by atoms with Crippen LogP contribution in [0.1, 0.15) is 31.9 Å². The van der Waals surface area contributed by atoms with Gasteiger partial charge in [-0.15, -0.1) is 0 Å². The Balaban J connectivity index is 2.96. The molecule has 1 aromatic rings. The molecule has 1 unspecified atom stereocenters. The normalized spacial score (nSPS) is 12.0. The predicted molar refractivity (Wildman–Crippen MR) is 70.6 cm³/mol. The third-order valence-corrected chi connectivity index (χ3v) is 2.63. The van der Waals surface area contributed by atoms with Crippen LogP contribution in [-0.4, -0.2) is 26.2 Å². The number of carbonyl (C=O) groups is 1. The summed E-state index contributed by atoms with van der Waals surface area (Å²) in [5.74, 6) is -0.741. The first-order valence-corrected chi connectivity index (χ1v) is 6.37. The summed E-state index contributed by atoms with van der Waals surface area (Å²) in [5.41, 5.74) is 0.533. The topological polar surface area (TPSA) is 47.6 Å². The van der Waals surface area contributed by atoms with Crippen LogP contribution in [0, 0.1) is 5.82 Å². The zero-order valence-electron chi connectivity index (χ0n) is 11.5. The van der Waals surface area contributed by atoms with E-state index in [0.717, 1.165) is 6.42 Å². The van der Waals surface area contributed by atoms with Crippen LogP contribution in [0.3, 0.4) is 0 Å². The lowest BCUT2D eigenvalue weighted by Crippen LogP contribution is -2.30. The van der Waals surface area contributed by atoms with Crippen LogP contribution < -0.4 is 10.1 Å². The van der Waals surface area contributed by atoms with Crippen molar-refractivity contribution in [2.75, 3.05) is 20.3 Å². The molecule has 1 rings (SSSR count). The van der Waals surface area contributed by atoms with Crippen molar-refractivity contribution in [1.82, 2.24) is 5.32 Å². The lowest BCUT2D eigenvalue weighted by atomic mass is 10.1. The third-order valence-electron chi connectivity index (χ3n) is 2.63. The summed E-state index contributed by atoms with van der Waals surface area (Å²) in [6.07, 6.45) is 0.870. The maximum absolute atomic E-state index is 13.7. The summed E-state index contributed by atoms with van der Waals surface area (Å²) >= 11 is 0. The van der Waals surface area contributed by atoms with Gasteiger partial charge in [-0.1, -0.05) is 13.0 Å². The predicted octanol–water partition coefficient (Wildman–Crippen LogP) is 2.44. The molecule has 0 aliphatic heterocycles. The smallest absolute Gasteiger partial charge is 0.327 e. The molecule has 0 bridgehead atoms. The Morgan fingerprint density at radius 3 is 2.68 bits per heavy atom. The van der Waals surface area contributed by atoms with Gasteiger partial charge in [0.15, 0.2) is 11.6 Å². The Kier molecular flexibility index (Phi) is 6.29. The van der Waals surface area contributed by atoms with Crippen molar-refractivity contribution in [2.24, 2.45) is 0 Å². The van der Waals surface area contributed by atoms with Crippen molar-refractivity contribution in [1.29, 1.82) is 0 Å². The number of hydrogen-bond donors (Lipinski definition) is 1. The third kappa shape index (κ3) is 4.21. The zero-order valence-corrected chi connectivity index (χ0v) is 11.5. The fraction of sp³-hybridized carbons (Fsp3) is 0.500. The summed E-state index contributed by atoms with van der Waals surface area (Å²) in [4.78, 5) is 11.9. The van der Waals surface area contributed by atoms with Gasteiger partial charge in [-0.05, 0) is 37.6 Å². The number of esters is 1. The maximum Gasteiger partial charge on any atom is 0.327 e. The van der Waals surface area contributed by atoms with Gasteiger partial charge >= 0.3 is 5.97 Å². The standard InChI is InChI=1S/C14H20FNO3/c1-4-8-16-13(14(17)19-5-2)10-6-7-12(18-3)11(15)9-10/h6-7,9,13,16H,4-5,8H2,1-3H3. The Morgan fingerprint density at radius 1 is 1.42 bits per heavy atom. The Bertz CT molecular complexity index is 423. The first kappa shape index (κ1) is 15.4. The molecule has 0 spiro atoms. The van der Waals surface area contributed by atoms with Gasteiger partial charge in [-0.25, -0.2) is 9.18 Å². The molecule has 1 aromatic carbocycles. The molecule has 0 aliphatic carbocycles. The van der Waals surface area contributed by atoms with E-state index in [1.165, 1.54) is 19.2 Å². The van der Waals surface area contributed by atoms with E-state index in [-0.39, 0.29) is 5.75 Å². The molecule has 0 saturated carbocycles. The average molecular weight is 269 g/mol. The van der Waals surface area contributed by atoms with Crippen molar-refractivity contribution in [3.8, 4) is 5.75 Å². The SMILES string of the molecule is CCCNC(C(=O)OCC)c1ccc(OC)c(F)c1. The van der Waals surface area contributed by atoms with E-state index < -0.39 is 17.8 Å². The second kappa shape index (κ2) is 7.74.